The van der Waals surface area contributed by atoms with Gasteiger partial charge in [-0.3, -0.25) is 4.79 Å². The lowest BCUT2D eigenvalue weighted by Gasteiger charge is -2.11. The molecule has 0 fully saturated rings. The maximum absolute atomic E-state index is 12.2. The number of ether oxygens (including phenoxy) is 1. The molecule has 1 aromatic heterocycles. The molecule has 0 unspecified atom stereocenters. The number of hydrogen-bond acceptors (Lipinski definition) is 5. The van der Waals surface area contributed by atoms with Crippen molar-refractivity contribution < 1.29 is 9.53 Å². The molecule has 2 N–H and O–H groups in total. The van der Waals surface area contributed by atoms with Crippen LogP contribution in [0.1, 0.15) is 15.9 Å². The maximum atomic E-state index is 12.2. The Hall–Kier alpha value is -2.60. The minimum absolute atomic E-state index is 0.123. The van der Waals surface area contributed by atoms with E-state index in [1.165, 1.54) is 0 Å². The SMILES string of the molecule is COc1ccccc1CCNC(=O)c1ccc(NCCN(C)C)nc1. The van der Waals surface area contributed by atoms with Gasteiger partial charge in [0.25, 0.3) is 5.91 Å². The van der Waals surface area contributed by atoms with Gasteiger partial charge >= 0.3 is 0 Å². The number of benzene rings is 1. The van der Waals surface area contributed by atoms with Crippen LogP contribution < -0.4 is 15.4 Å². The zero-order valence-corrected chi connectivity index (χ0v) is 15.1. The number of rotatable bonds is 9. The van der Waals surface area contributed by atoms with E-state index in [9.17, 15) is 4.79 Å². The van der Waals surface area contributed by atoms with E-state index in [2.05, 4.69) is 20.5 Å². The summed E-state index contributed by atoms with van der Waals surface area (Å²) in [6, 6.07) is 11.4. The first kappa shape index (κ1) is 18.7. The Morgan fingerprint density at radius 1 is 1.16 bits per heavy atom. The van der Waals surface area contributed by atoms with Gasteiger partial charge in [0.2, 0.25) is 0 Å². The second-order valence-corrected chi connectivity index (χ2v) is 5.98. The summed E-state index contributed by atoms with van der Waals surface area (Å²) < 4.78 is 5.31. The number of pyridine rings is 1. The van der Waals surface area contributed by atoms with Crippen molar-refractivity contribution in [1.82, 2.24) is 15.2 Å². The van der Waals surface area contributed by atoms with E-state index in [1.54, 1.807) is 19.4 Å². The van der Waals surface area contributed by atoms with Crippen LogP contribution in [-0.4, -0.2) is 56.6 Å². The Kier molecular flexibility index (Phi) is 7.22. The van der Waals surface area contributed by atoms with Gasteiger partial charge in [0.15, 0.2) is 0 Å². The maximum Gasteiger partial charge on any atom is 0.252 e. The van der Waals surface area contributed by atoms with Crippen LogP contribution in [0.5, 0.6) is 5.75 Å². The molecule has 0 saturated heterocycles. The van der Waals surface area contributed by atoms with Crippen LogP contribution in [0.15, 0.2) is 42.6 Å². The molecular weight excluding hydrogens is 316 g/mol. The molecule has 1 heterocycles. The lowest BCUT2D eigenvalue weighted by molar-refractivity contribution is 0.0953. The van der Waals surface area contributed by atoms with E-state index >= 15 is 0 Å². The highest BCUT2D eigenvalue weighted by Crippen LogP contribution is 2.17. The standard InChI is InChI=1S/C19H26N4O2/c1-23(2)13-12-20-18-9-8-16(14-22-18)19(24)21-11-10-15-6-4-5-7-17(15)25-3/h4-9,14H,10-13H2,1-3H3,(H,20,22)(H,21,24). The summed E-state index contributed by atoms with van der Waals surface area (Å²) in [7, 11) is 5.69. The second kappa shape index (κ2) is 9.64. The molecule has 0 spiro atoms. The summed E-state index contributed by atoms with van der Waals surface area (Å²) in [6.07, 6.45) is 2.31. The number of para-hydroxylation sites is 1. The van der Waals surface area contributed by atoms with E-state index < -0.39 is 0 Å². The minimum Gasteiger partial charge on any atom is -0.496 e. The number of amides is 1. The van der Waals surface area contributed by atoms with E-state index in [1.807, 2.05) is 44.4 Å². The van der Waals surface area contributed by atoms with Crippen molar-refractivity contribution in [1.29, 1.82) is 0 Å². The van der Waals surface area contributed by atoms with Crippen LogP contribution in [0.2, 0.25) is 0 Å². The summed E-state index contributed by atoms with van der Waals surface area (Å²) in [5.74, 6) is 1.49. The normalized spacial score (nSPS) is 10.6. The molecule has 0 radical (unpaired) electrons. The quantitative estimate of drug-likeness (QED) is 0.730. The number of methoxy groups -OCH3 is 1. The molecule has 0 bridgehead atoms. The number of carbonyl (C=O) groups is 1. The average molecular weight is 342 g/mol. The second-order valence-electron chi connectivity index (χ2n) is 5.98. The van der Waals surface area contributed by atoms with E-state index in [4.69, 9.17) is 4.74 Å². The molecule has 2 rings (SSSR count). The van der Waals surface area contributed by atoms with E-state index in [0.29, 0.717) is 18.5 Å². The van der Waals surface area contributed by atoms with Crippen molar-refractivity contribution in [3.63, 3.8) is 0 Å². The van der Waals surface area contributed by atoms with Gasteiger partial charge in [-0.25, -0.2) is 4.98 Å². The molecule has 25 heavy (non-hydrogen) atoms. The van der Waals surface area contributed by atoms with Gasteiger partial charge in [0.05, 0.1) is 12.7 Å². The number of aromatic nitrogens is 1. The third-order valence-corrected chi connectivity index (χ3v) is 3.76. The van der Waals surface area contributed by atoms with Gasteiger partial charge in [0.1, 0.15) is 11.6 Å². The van der Waals surface area contributed by atoms with E-state index in [0.717, 1.165) is 30.2 Å². The van der Waals surface area contributed by atoms with Gasteiger partial charge in [-0.15, -0.1) is 0 Å². The first-order valence-electron chi connectivity index (χ1n) is 8.35. The minimum atomic E-state index is -0.123. The van der Waals surface area contributed by atoms with Gasteiger partial charge in [-0.2, -0.15) is 0 Å². The Morgan fingerprint density at radius 2 is 1.96 bits per heavy atom. The predicted octanol–water partition coefficient (Wildman–Crippen LogP) is 2.04. The molecule has 6 heteroatoms. The molecule has 0 aliphatic rings. The van der Waals surface area contributed by atoms with Crippen molar-refractivity contribution in [3.8, 4) is 5.75 Å². The van der Waals surface area contributed by atoms with Crippen molar-refractivity contribution in [3.05, 3.63) is 53.7 Å². The summed E-state index contributed by atoms with van der Waals surface area (Å²) in [6.45, 7) is 2.28. The molecule has 134 valence electrons. The summed E-state index contributed by atoms with van der Waals surface area (Å²) in [5.41, 5.74) is 1.63. The predicted molar refractivity (Wildman–Crippen MR) is 100 cm³/mol. The molecule has 1 amide bonds. The molecule has 0 atom stereocenters. The Morgan fingerprint density at radius 3 is 2.64 bits per heavy atom. The Labute approximate surface area is 149 Å². The highest BCUT2D eigenvalue weighted by Gasteiger charge is 2.07. The van der Waals surface area contributed by atoms with Crippen LogP contribution in [0.4, 0.5) is 5.82 Å². The van der Waals surface area contributed by atoms with Crippen molar-refractivity contribution in [2.45, 2.75) is 6.42 Å². The molecule has 0 saturated carbocycles. The van der Waals surface area contributed by atoms with Crippen LogP contribution >= 0.6 is 0 Å². The molecular formula is C19H26N4O2. The fourth-order valence-corrected chi connectivity index (χ4v) is 2.36. The number of nitrogens with one attached hydrogen (secondary N) is 2. The number of nitrogens with zero attached hydrogens (tertiary/aromatic N) is 2. The van der Waals surface area contributed by atoms with Gasteiger partial charge in [-0.05, 0) is 44.3 Å². The number of carbonyl (C=O) groups excluding carboxylic acids is 1. The highest BCUT2D eigenvalue weighted by atomic mass is 16.5. The van der Waals surface area contributed by atoms with Gasteiger partial charge in [0, 0.05) is 25.8 Å². The molecule has 0 aliphatic heterocycles. The highest BCUT2D eigenvalue weighted by molar-refractivity contribution is 5.94. The number of anilines is 1. The van der Waals surface area contributed by atoms with Gasteiger partial charge in [-0.1, -0.05) is 18.2 Å². The first-order chi connectivity index (χ1) is 12.1. The molecule has 0 aliphatic carbocycles. The van der Waals surface area contributed by atoms with Crippen molar-refractivity contribution >= 4 is 11.7 Å². The number of likely N-dealkylation sites (N-methyl/N-ethyl adjacent to an activating group) is 1. The third-order valence-electron chi connectivity index (χ3n) is 3.76. The molecule has 6 nitrogen and oxygen atoms in total. The number of hydrogen-bond donors (Lipinski definition) is 2. The fourth-order valence-electron chi connectivity index (χ4n) is 2.36. The topological polar surface area (TPSA) is 66.5 Å². The van der Waals surface area contributed by atoms with Crippen molar-refractivity contribution in [2.24, 2.45) is 0 Å². The monoisotopic (exact) mass is 342 g/mol. The smallest absolute Gasteiger partial charge is 0.252 e. The lowest BCUT2D eigenvalue weighted by atomic mass is 10.1. The zero-order chi connectivity index (χ0) is 18.1. The van der Waals surface area contributed by atoms with Crippen LogP contribution in [0, 0.1) is 0 Å². The summed E-state index contributed by atoms with van der Waals surface area (Å²) in [4.78, 5) is 18.6. The summed E-state index contributed by atoms with van der Waals surface area (Å²) in [5, 5.41) is 6.14. The van der Waals surface area contributed by atoms with Crippen molar-refractivity contribution in [2.75, 3.05) is 46.2 Å². The average Bonchev–Trinajstić information content (AvgIpc) is 2.62. The molecule has 1 aromatic carbocycles. The fraction of sp³-hybridized carbons (Fsp3) is 0.368. The zero-order valence-electron chi connectivity index (χ0n) is 15.1. The Balaban J connectivity index is 1.80. The van der Waals surface area contributed by atoms with Gasteiger partial charge < -0.3 is 20.3 Å². The van der Waals surface area contributed by atoms with Crippen LogP contribution in [-0.2, 0) is 6.42 Å². The first-order valence-corrected chi connectivity index (χ1v) is 8.35. The Bertz CT molecular complexity index is 671. The lowest BCUT2D eigenvalue weighted by Crippen LogP contribution is -2.26. The molecule has 2 aromatic rings. The largest absolute Gasteiger partial charge is 0.496 e. The van der Waals surface area contributed by atoms with Crippen LogP contribution in [0.25, 0.3) is 0 Å². The van der Waals surface area contributed by atoms with Crippen LogP contribution in [0.3, 0.4) is 0 Å². The summed E-state index contributed by atoms with van der Waals surface area (Å²) >= 11 is 0. The third kappa shape index (κ3) is 6.08. The van der Waals surface area contributed by atoms with E-state index in [-0.39, 0.29) is 5.91 Å².